The lowest BCUT2D eigenvalue weighted by atomic mass is 10.2. The smallest absolute Gasteiger partial charge is 0.198 e. The van der Waals surface area contributed by atoms with Crippen LogP contribution in [-0.2, 0) is 0 Å². The minimum absolute atomic E-state index is 0.558. The topological polar surface area (TPSA) is 35.3 Å². The standard InChI is InChI=1S/C12H13NO2/c1-7-10(14-2)6-5-9-11(7)15-12(13-9)8-3-4-8/h5-6,8H,3-4H2,1-2H3. The van der Waals surface area contributed by atoms with Gasteiger partial charge in [-0.2, -0.15) is 0 Å². The average Bonchev–Trinajstić information content (AvgIpc) is 2.99. The molecule has 1 aromatic carbocycles. The highest BCUT2D eigenvalue weighted by molar-refractivity contribution is 5.79. The van der Waals surface area contributed by atoms with Gasteiger partial charge in [0.1, 0.15) is 11.3 Å². The molecule has 1 heterocycles. The Morgan fingerprint density at radius 1 is 1.40 bits per heavy atom. The molecule has 0 amide bonds. The van der Waals surface area contributed by atoms with Crippen LogP contribution in [0.5, 0.6) is 5.75 Å². The van der Waals surface area contributed by atoms with Crippen LogP contribution in [0.25, 0.3) is 11.1 Å². The maximum absolute atomic E-state index is 5.77. The average molecular weight is 203 g/mol. The highest BCUT2D eigenvalue weighted by atomic mass is 16.5. The van der Waals surface area contributed by atoms with Crippen molar-refractivity contribution >= 4 is 11.1 Å². The molecular formula is C12H13NO2. The van der Waals surface area contributed by atoms with E-state index in [2.05, 4.69) is 4.98 Å². The Kier molecular flexibility index (Phi) is 1.75. The lowest BCUT2D eigenvalue weighted by Gasteiger charge is -2.02. The van der Waals surface area contributed by atoms with Crippen molar-refractivity contribution in [2.24, 2.45) is 0 Å². The molecule has 0 bridgehead atoms. The van der Waals surface area contributed by atoms with E-state index < -0.39 is 0 Å². The third kappa shape index (κ3) is 1.30. The number of benzene rings is 1. The molecule has 0 spiro atoms. The van der Waals surface area contributed by atoms with E-state index in [0.29, 0.717) is 5.92 Å². The second-order valence-electron chi connectivity index (χ2n) is 4.07. The number of nitrogens with zero attached hydrogens (tertiary/aromatic N) is 1. The molecule has 15 heavy (non-hydrogen) atoms. The number of rotatable bonds is 2. The quantitative estimate of drug-likeness (QED) is 0.752. The predicted molar refractivity (Wildman–Crippen MR) is 57.3 cm³/mol. The highest BCUT2D eigenvalue weighted by Gasteiger charge is 2.29. The highest BCUT2D eigenvalue weighted by Crippen LogP contribution is 2.41. The first-order valence-electron chi connectivity index (χ1n) is 5.23. The number of oxazole rings is 1. The molecule has 78 valence electrons. The van der Waals surface area contributed by atoms with E-state index in [0.717, 1.165) is 28.3 Å². The maximum Gasteiger partial charge on any atom is 0.198 e. The summed E-state index contributed by atoms with van der Waals surface area (Å²) in [6.07, 6.45) is 2.42. The largest absolute Gasteiger partial charge is 0.496 e. The Morgan fingerprint density at radius 2 is 2.20 bits per heavy atom. The van der Waals surface area contributed by atoms with Gasteiger partial charge in [-0.25, -0.2) is 4.98 Å². The first kappa shape index (κ1) is 8.77. The number of hydrogen-bond donors (Lipinski definition) is 0. The Labute approximate surface area is 88.1 Å². The van der Waals surface area contributed by atoms with Crippen LogP contribution in [-0.4, -0.2) is 12.1 Å². The molecule has 0 N–H and O–H groups in total. The van der Waals surface area contributed by atoms with Gasteiger partial charge >= 0.3 is 0 Å². The summed E-state index contributed by atoms with van der Waals surface area (Å²) in [5, 5.41) is 0. The maximum atomic E-state index is 5.77. The molecule has 0 unspecified atom stereocenters. The number of methoxy groups -OCH3 is 1. The van der Waals surface area contributed by atoms with Crippen LogP contribution >= 0.6 is 0 Å². The van der Waals surface area contributed by atoms with Gasteiger partial charge in [0.05, 0.1) is 7.11 Å². The summed E-state index contributed by atoms with van der Waals surface area (Å²) in [5.41, 5.74) is 2.85. The van der Waals surface area contributed by atoms with Gasteiger partial charge in [-0.15, -0.1) is 0 Å². The second-order valence-corrected chi connectivity index (χ2v) is 4.07. The van der Waals surface area contributed by atoms with Crippen molar-refractivity contribution in [3.8, 4) is 5.75 Å². The molecular weight excluding hydrogens is 190 g/mol. The number of ether oxygens (including phenoxy) is 1. The third-order valence-corrected chi connectivity index (χ3v) is 2.92. The molecule has 2 aromatic rings. The summed E-state index contributed by atoms with van der Waals surface area (Å²) < 4.78 is 11.0. The molecule has 0 aliphatic heterocycles. The van der Waals surface area contributed by atoms with Crippen LogP contribution in [0.2, 0.25) is 0 Å². The zero-order chi connectivity index (χ0) is 10.4. The summed E-state index contributed by atoms with van der Waals surface area (Å²) in [7, 11) is 1.67. The Bertz CT molecular complexity index is 512. The van der Waals surface area contributed by atoms with E-state index in [1.54, 1.807) is 7.11 Å². The van der Waals surface area contributed by atoms with Crippen molar-refractivity contribution in [2.45, 2.75) is 25.7 Å². The lowest BCUT2D eigenvalue weighted by molar-refractivity contribution is 0.411. The summed E-state index contributed by atoms with van der Waals surface area (Å²) >= 11 is 0. The predicted octanol–water partition coefficient (Wildman–Crippen LogP) is 3.02. The molecule has 0 atom stereocenters. The van der Waals surface area contributed by atoms with Gasteiger partial charge < -0.3 is 9.15 Å². The zero-order valence-electron chi connectivity index (χ0n) is 8.91. The normalized spacial score (nSPS) is 15.9. The fourth-order valence-corrected chi connectivity index (χ4v) is 1.85. The van der Waals surface area contributed by atoms with Gasteiger partial charge in [0.2, 0.25) is 0 Å². The first-order chi connectivity index (χ1) is 7.29. The SMILES string of the molecule is COc1ccc2nc(C3CC3)oc2c1C. The minimum Gasteiger partial charge on any atom is -0.496 e. The van der Waals surface area contributed by atoms with E-state index in [-0.39, 0.29) is 0 Å². The second kappa shape index (κ2) is 2.99. The molecule has 1 aliphatic carbocycles. The van der Waals surface area contributed by atoms with E-state index >= 15 is 0 Å². The number of fused-ring (bicyclic) bond motifs is 1. The van der Waals surface area contributed by atoms with Gasteiger partial charge in [0.25, 0.3) is 0 Å². The number of aryl methyl sites for hydroxylation is 1. The summed E-state index contributed by atoms with van der Waals surface area (Å²) in [6.45, 7) is 2.00. The van der Waals surface area contributed by atoms with Crippen molar-refractivity contribution < 1.29 is 9.15 Å². The van der Waals surface area contributed by atoms with Crippen molar-refractivity contribution in [1.82, 2.24) is 4.98 Å². The van der Waals surface area contributed by atoms with Crippen LogP contribution in [0.15, 0.2) is 16.5 Å². The fraction of sp³-hybridized carbons (Fsp3) is 0.417. The van der Waals surface area contributed by atoms with Crippen LogP contribution in [0.3, 0.4) is 0 Å². The van der Waals surface area contributed by atoms with Gasteiger partial charge in [-0.1, -0.05) is 0 Å². The lowest BCUT2D eigenvalue weighted by Crippen LogP contribution is -1.86. The van der Waals surface area contributed by atoms with Crippen LogP contribution in [0.4, 0.5) is 0 Å². The van der Waals surface area contributed by atoms with Crippen LogP contribution in [0.1, 0.15) is 30.2 Å². The molecule has 1 aromatic heterocycles. The monoisotopic (exact) mass is 203 g/mol. The zero-order valence-corrected chi connectivity index (χ0v) is 8.91. The fourth-order valence-electron chi connectivity index (χ4n) is 1.85. The summed E-state index contributed by atoms with van der Waals surface area (Å²) in [5.74, 6) is 2.31. The Hall–Kier alpha value is -1.51. The van der Waals surface area contributed by atoms with E-state index in [1.165, 1.54) is 12.8 Å². The Morgan fingerprint density at radius 3 is 2.87 bits per heavy atom. The summed E-state index contributed by atoms with van der Waals surface area (Å²) in [6, 6.07) is 3.90. The molecule has 3 heteroatoms. The van der Waals surface area contributed by atoms with Crippen LogP contribution in [0, 0.1) is 6.92 Å². The van der Waals surface area contributed by atoms with Gasteiger partial charge in [-0.05, 0) is 31.9 Å². The first-order valence-corrected chi connectivity index (χ1v) is 5.23. The molecule has 0 radical (unpaired) electrons. The van der Waals surface area contributed by atoms with E-state index in [4.69, 9.17) is 9.15 Å². The molecule has 1 aliphatic rings. The van der Waals surface area contributed by atoms with Crippen LogP contribution < -0.4 is 4.74 Å². The van der Waals surface area contributed by atoms with Gasteiger partial charge in [-0.3, -0.25) is 0 Å². The summed E-state index contributed by atoms with van der Waals surface area (Å²) in [4.78, 5) is 4.49. The van der Waals surface area contributed by atoms with Crippen molar-refractivity contribution in [1.29, 1.82) is 0 Å². The Balaban J connectivity index is 2.20. The molecule has 3 nitrogen and oxygen atoms in total. The molecule has 3 rings (SSSR count). The number of hydrogen-bond acceptors (Lipinski definition) is 3. The minimum atomic E-state index is 0.558. The molecule has 0 saturated heterocycles. The van der Waals surface area contributed by atoms with Crippen molar-refractivity contribution in [3.05, 3.63) is 23.6 Å². The van der Waals surface area contributed by atoms with Gasteiger partial charge in [0, 0.05) is 11.5 Å². The molecule has 1 fully saturated rings. The molecule has 1 saturated carbocycles. The van der Waals surface area contributed by atoms with Crippen molar-refractivity contribution in [2.75, 3.05) is 7.11 Å². The number of aromatic nitrogens is 1. The van der Waals surface area contributed by atoms with E-state index in [9.17, 15) is 0 Å². The third-order valence-electron chi connectivity index (χ3n) is 2.92. The van der Waals surface area contributed by atoms with E-state index in [1.807, 2.05) is 19.1 Å². The van der Waals surface area contributed by atoms with Crippen molar-refractivity contribution in [3.63, 3.8) is 0 Å². The van der Waals surface area contributed by atoms with Gasteiger partial charge in [0.15, 0.2) is 11.5 Å².